The van der Waals surface area contributed by atoms with Gasteiger partial charge in [-0.15, -0.1) is 0 Å². The molecular weight excluding hydrogens is 287 g/mol. The number of oxime groups is 1. The zero-order valence-corrected chi connectivity index (χ0v) is 11.1. The summed E-state index contributed by atoms with van der Waals surface area (Å²) < 4.78 is 38.8. The number of alkyl halides is 3. The van der Waals surface area contributed by atoms with Crippen LogP contribution in [0.3, 0.4) is 0 Å². The van der Waals surface area contributed by atoms with Crippen LogP contribution >= 0.6 is 0 Å². The molecule has 21 heavy (non-hydrogen) atoms. The minimum Gasteiger partial charge on any atom is -0.409 e. The summed E-state index contributed by atoms with van der Waals surface area (Å²) in [6.07, 6.45) is -3.68. The van der Waals surface area contributed by atoms with Gasteiger partial charge in [-0.2, -0.15) is 13.2 Å². The predicted molar refractivity (Wildman–Crippen MR) is 71.4 cm³/mol. The lowest BCUT2D eigenvalue weighted by molar-refractivity contribution is -0.137. The molecule has 1 unspecified atom stereocenters. The SMILES string of the molecule is N/C(=N/O)c1cc(N2CCCC(O)C2)ccc1C(F)(F)F. The van der Waals surface area contributed by atoms with Crippen molar-refractivity contribution in [2.45, 2.75) is 25.1 Å². The molecule has 2 rings (SSSR count). The largest absolute Gasteiger partial charge is 0.417 e. The monoisotopic (exact) mass is 303 g/mol. The van der Waals surface area contributed by atoms with Crippen molar-refractivity contribution >= 4 is 11.5 Å². The van der Waals surface area contributed by atoms with Crippen molar-refractivity contribution in [3.63, 3.8) is 0 Å². The fourth-order valence-corrected chi connectivity index (χ4v) is 2.43. The average Bonchev–Trinajstić information content (AvgIpc) is 2.45. The summed E-state index contributed by atoms with van der Waals surface area (Å²) in [6, 6.07) is 3.47. The lowest BCUT2D eigenvalue weighted by Gasteiger charge is -2.32. The molecule has 4 N–H and O–H groups in total. The van der Waals surface area contributed by atoms with Gasteiger partial charge >= 0.3 is 6.18 Å². The quantitative estimate of drug-likeness (QED) is 0.336. The number of aliphatic hydroxyl groups is 1. The van der Waals surface area contributed by atoms with Crippen LogP contribution in [0, 0.1) is 0 Å². The number of β-amino-alcohol motifs (C(OH)–C–C–N with tert-alkyl or cyclic N) is 1. The maximum Gasteiger partial charge on any atom is 0.417 e. The molecule has 1 aliphatic heterocycles. The van der Waals surface area contributed by atoms with Crippen LogP contribution in [0.25, 0.3) is 0 Å². The molecule has 0 spiro atoms. The van der Waals surface area contributed by atoms with E-state index in [1.807, 2.05) is 0 Å². The van der Waals surface area contributed by atoms with Crippen molar-refractivity contribution < 1.29 is 23.5 Å². The van der Waals surface area contributed by atoms with Crippen LogP contribution in [0.5, 0.6) is 0 Å². The fraction of sp³-hybridized carbons (Fsp3) is 0.462. The van der Waals surface area contributed by atoms with E-state index in [1.165, 1.54) is 12.1 Å². The standard InChI is InChI=1S/C13H16F3N3O2/c14-13(15,16)11-4-3-8(6-10(11)12(17)18-21)19-5-1-2-9(20)7-19/h3-4,6,9,20-21H,1-2,5,7H2,(H2,17,18). The summed E-state index contributed by atoms with van der Waals surface area (Å²) in [6.45, 7) is 0.985. The first-order chi connectivity index (χ1) is 9.82. The number of aliphatic hydroxyl groups excluding tert-OH is 1. The molecule has 8 heteroatoms. The average molecular weight is 303 g/mol. The zero-order valence-electron chi connectivity index (χ0n) is 11.1. The van der Waals surface area contributed by atoms with E-state index >= 15 is 0 Å². The Morgan fingerprint density at radius 3 is 2.67 bits per heavy atom. The molecule has 0 aromatic heterocycles. The molecule has 1 heterocycles. The molecule has 1 atom stereocenters. The summed E-state index contributed by atoms with van der Waals surface area (Å²) in [7, 11) is 0. The molecule has 1 fully saturated rings. The number of anilines is 1. The lowest BCUT2D eigenvalue weighted by atomic mass is 10.0. The molecular formula is C13H16F3N3O2. The Morgan fingerprint density at radius 1 is 1.38 bits per heavy atom. The van der Waals surface area contributed by atoms with E-state index in [2.05, 4.69) is 5.16 Å². The maximum absolute atomic E-state index is 12.9. The summed E-state index contributed by atoms with van der Waals surface area (Å²) in [5, 5.41) is 21.0. The third-order valence-electron chi connectivity index (χ3n) is 3.45. The van der Waals surface area contributed by atoms with Gasteiger partial charge in [0.1, 0.15) is 0 Å². The summed E-state index contributed by atoms with van der Waals surface area (Å²) in [5.41, 5.74) is 4.52. The molecule has 0 aliphatic carbocycles. The van der Waals surface area contributed by atoms with Crippen molar-refractivity contribution in [1.82, 2.24) is 0 Å². The highest BCUT2D eigenvalue weighted by atomic mass is 19.4. The number of piperidine rings is 1. The molecule has 1 saturated heterocycles. The second kappa shape index (κ2) is 5.80. The molecule has 1 aliphatic rings. The van der Waals surface area contributed by atoms with Crippen LogP contribution in [-0.4, -0.2) is 35.3 Å². The van der Waals surface area contributed by atoms with Gasteiger partial charge in [0.05, 0.1) is 11.7 Å². The van der Waals surface area contributed by atoms with E-state index in [1.54, 1.807) is 4.90 Å². The Bertz CT molecular complexity index is 546. The number of hydrogen-bond donors (Lipinski definition) is 3. The highest BCUT2D eigenvalue weighted by molar-refractivity contribution is 5.99. The van der Waals surface area contributed by atoms with Crippen molar-refractivity contribution in [1.29, 1.82) is 0 Å². The van der Waals surface area contributed by atoms with Gasteiger partial charge in [0.25, 0.3) is 0 Å². The Morgan fingerprint density at radius 2 is 2.10 bits per heavy atom. The predicted octanol–water partition coefficient (Wildman–Crippen LogP) is 1.76. The molecule has 5 nitrogen and oxygen atoms in total. The van der Waals surface area contributed by atoms with Crippen LogP contribution in [0.1, 0.15) is 24.0 Å². The topological polar surface area (TPSA) is 82.1 Å². The van der Waals surface area contributed by atoms with Crippen LogP contribution in [0.4, 0.5) is 18.9 Å². The zero-order chi connectivity index (χ0) is 15.6. The highest BCUT2D eigenvalue weighted by Crippen LogP contribution is 2.34. The lowest BCUT2D eigenvalue weighted by Crippen LogP contribution is -2.38. The van der Waals surface area contributed by atoms with Gasteiger partial charge in [-0.05, 0) is 31.0 Å². The van der Waals surface area contributed by atoms with E-state index < -0.39 is 23.7 Å². The minimum absolute atomic E-state index is 0.348. The number of benzene rings is 1. The Labute approximate surface area is 119 Å². The van der Waals surface area contributed by atoms with E-state index in [4.69, 9.17) is 10.9 Å². The second-order valence-corrected chi connectivity index (χ2v) is 4.95. The van der Waals surface area contributed by atoms with Crippen LogP contribution < -0.4 is 10.6 Å². The molecule has 0 bridgehead atoms. The Hall–Kier alpha value is -1.96. The number of hydrogen-bond acceptors (Lipinski definition) is 4. The normalized spacial score (nSPS) is 20.7. The first-order valence-electron chi connectivity index (χ1n) is 6.45. The number of nitrogens with zero attached hydrogens (tertiary/aromatic N) is 2. The first-order valence-corrected chi connectivity index (χ1v) is 6.45. The van der Waals surface area contributed by atoms with Gasteiger partial charge in [-0.25, -0.2) is 0 Å². The summed E-state index contributed by atoms with van der Waals surface area (Å²) >= 11 is 0. The smallest absolute Gasteiger partial charge is 0.409 e. The number of amidine groups is 1. The van der Waals surface area contributed by atoms with Crippen LogP contribution in [0.2, 0.25) is 0 Å². The van der Waals surface area contributed by atoms with E-state index in [9.17, 15) is 18.3 Å². The Balaban J connectivity index is 2.42. The molecule has 0 radical (unpaired) electrons. The van der Waals surface area contributed by atoms with E-state index in [-0.39, 0.29) is 5.56 Å². The van der Waals surface area contributed by atoms with Crippen molar-refractivity contribution in [2.75, 3.05) is 18.0 Å². The molecule has 0 amide bonds. The van der Waals surface area contributed by atoms with Crippen molar-refractivity contribution in [2.24, 2.45) is 10.9 Å². The van der Waals surface area contributed by atoms with Gasteiger partial charge in [-0.1, -0.05) is 5.16 Å². The van der Waals surface area contributed by atoms with Gasteiger partial charge in [0, 0.05) is 24.3 Å². The van der Waals surface area contributed by atoms with Gasteiger partial charge in [0.15, 0.2) is 5.84 Å². The highest BCUT2D eigenvalue weighted by Gasteiger charge is 2.35. The van der Waals surface area contributed by atoms with E-state index in [0.717, 1.165) is 12.5 Å². The third kappa shape index (κ3) is 3.38. The summed E-state index contributed by atoms with van der Waals surface area (Å²) in [5.74, 6) is -0.596. The maximum atomic E-state index is 12.9. The third-order valence-corrected chi connectivity index (χ3v) is 3.45. The molecule has 1 aromatic rings. The Kier molecular flexibility index (Phi) is 4.26. The summed E-state index contributed by atoms with van der Waals surface area (Å²) in [4.78, 5) is 1.78. The number of rotatable bonds is 2. The van der Waals surface area contributed by atoms with Gasteiger partial charge in [-0.3, -0.25) is 0 Å². The molecule has 116 valence electrons. The number of nitrogens with two attached hydrogens (primary N) is 1. The van der Waals surface area contributed by atoms with Crippen LogP contribution in [0.15, 0.2) is 23.4 Å². The van der Waals surface area contributed by atoms with Crippen molar-refractivity contribution in [3.8, 4) is 0 Å². The van der Waals surface area contributed by atoms with E-state index in [0.29, 0.717) is 25.2 Å². The van der Waals surface area contributed by atoms with Crippen molar-refractivity contribution in [3.05, 3.63) is 29.3 Å². The van der Waals surface area contributed by atoms with Gasteiger partial charge in [0.2, 0.25) is 0 Å². The second-order valence-electron chi connectivity index (χ2n) is 4.95. The molecule has 0 saturated carbocycles. The minimum atomic E-state index is -4.59. The first kappa shape index (κ1) is 15.4. The van der Waals surface area contributed by atoms with Crippen LogP contribution in [-0.2, 0) is 6.18 Å². The number of halogens is 3. The van der Waals surface area contributed by atoms with Gasteiger partial charge < -0.3 is 20.9 Å². The fourth-order valence-electron chi connectivity index (χ4n) is 2.43. The molecule has 1 aromatic carbocycles.